The van der Waals surface area contributed by atoms with Crippen LogP contribution in [0.25, 0.3) is 0 Å². The normalized spacial score (nSPS) is 14.0. The van der Waals surface area contributed by atoms with Crippen LogP contribution in [-0.2, 0) is 32.7 Å². The number of phosphoric ester groups is 1. The topological polar surface area (TPSA) is 111 Å². The van der Waals surface area contributed by atoms with Crippen molar-refractivity contribution in [2.75, 3.05) is 47.5 Å². The molecule has 0 aliphatic heterocycles. The minimum absolute atomic E-state index is 0.0376. The van der Waals surface area contributed by atoms with Gasteiger partial charge in [-0.25, -0.2) is 0 Å². The zero-order valence-electron chi connectivity index (χ0n) is 58.5. The molecule has 9 nitrogen and oxygen atoms in total. The van der Waals surface area contributed by atoms with Gasteiger partial charge in [0.05, 0.1) is 27.7 Å². The van der Waals surface area contributed by atoms with Gasteiger partial charge in [-0.3, -0.25) is 14.2 Å². The van der Waals surface area contributed by atoms with Crippen LogP contribution in [0.1, 0.15) is 296 Å². The highest BCUT2D eigenvalue weighted by molar-refractivity contribution is 7.45. The zero-order valence-corrected chi connectivity index (χ0v) is 59.4. The highest BCUT2D eigenvalue weighted by atomic mass is 31.2. The maximum absolute atomic E-state index is 12.9. The summed E-state index contributed by atoms with van der Waals surface area (Å²) >= 11 is 0. The second-order valence-corrected chi connectivity index (χ2v) is 26.6. The fourth-order valence-corrected chi connectivity index (χ4v) is 10.5. The highest BCUT2D eigenvalue weighted by Gasteiger charge is 2.22. The second kappa shape index (κ2) is 69.2. The maximum atomic E-state index is 12.9. The molecular formula is C80H136NO8P. The van der Waals surface area contributed by atoms with Gasteiger partial charge in [0, 0.05) is 12.8 Å². The summed E-state index contributed by atoms with van der Waals surface area (Å²) in [7, 11) is 1.15. The largest absolute Gasteiger partial charge is 0.756 e. The molecule has 0 heterocycles. The molecule has 0 aliphatic carbocycles. The van der Waals surface area contributed by atoms with Crippen molar-refractivity contribution in [2.24, 2.45) is 0 Å². The molecule has 0 saturated heterocycles. The lowest BCUT2D eigenvalue weighted by Crippen LogP contribution is -2.37. The summed E-state index contributed by atoms with van der Waals surface area (Å²) < 4.78 is 34.3. The standard InChI is InChI=1S/C80H136NO8P/c1-6-8-10-12-14-16-18-20-22-24-26-28-30-32-34-35-36-37-38-39-40-41-42-43-44-45-47-49-51-53-55-57-59-61-63-65-67-69-71-73-80(83)89-78(77-88-90(84,85)87-75-74-81(3,4)5)76-86-79(82)72-70-68-66-64-62-60-58-56-54-52-50-48-46-33-31-29-27-25-23-21-19-17-15-13-11-9-7-2/h8,10,14,16,19-22,25-28,31-34,36-37,39-40,42-43,45,47,78H,6-7,9,11-13,15,17-18,23-24,29-30,35,38,41,44,46,48-77H2,1-5H3/b10-8-,16-14-,21-19-,22-20-,27-25-,28-26-,33-31-,34-32-,37-36-,40-39-,43-42-,47-45-. The quantitative estimate of drug-likeness (QED) is 0.0195. The van der Waals surface area contributed by atoms with E-state index in [4.69, 9.17) is 18.5 Å². The lowest BCUT2D eigenvalue weighted by atomic mass is 10.0. The molecule has 0 aromatic carbocycles. The number of quaternary nitrogens is 1. The third-order valence-electron chi connectivity index (χ3n) is 15.3. The van der Waals surface area contributed by atoms with Crippen LogP contribution in [0, 0.1) is 0 Å². The first-order valence-electron chi connectivity index (χ1n) is 36.5. The number of carbonyl (C=O) groups is 2. The molecular weight excluding hydrogens is 1130 g/mol. The van der Waals surface area contributed by atoms with Crippen molar-refractivity contribution in [3.05, 3.63) is 146 Å². The minimum Gasteiger partial charge on any atom is -0.756 e. The molecule has 90 heavy (non-hydrogen) atoms. The summed E-state index contributed by atoms with van der Waals surface area (Å²) in [6.45, 7) is 4.12. The maximum Gasteiger partial charge on any atom is 0.306 e. The van der Waals surface area contributed by atoms with Gasteiger partial charge in [0.1, 0.15) is 19.8 Å². The van der Waals surface area contributed by atoms with Gasteiger partial charge < -0.3 is 27.9 Å². The lowest BCUT2D eigenvalue weighted by Gasteiger charge is -2.28. The van der Waals surface area contributed by atoms with E-state index in [1.54, 1.807) is 0 Å². The van der Waals surface area contributed by atoms with Crippen LogP contribution in [0.2, 0.25) is 0 Å². The Morgan fingerprint density at radius 2 is 0.633 bits per heavy atom. The highest BCUT2D eigenvalue weighted by Crippen LogP contribution is 2.38. The first-order valence-corrected chi connectivity index (χ1v) is 38.0. The molecule has 0 spiro atoms. The smallest absolute Gasteiger partial charge is 0.306 e. The average Bonchev–Trinajstić information content (AvgIpc) is 3.58. The number of hydrogen-bond donors (Lipinski definition) is 0. The Labute approximate surface area is 554 Å². The van der Waals surface area contributed by atoms with Crippen LogP contribution in [0.15, 0.2) is 146 Å². The van der Waals surface area contributed by atoms with Gasteiger partial charge >= 0.3 is 11.9 Å². The van der Waals surface area contributed by atoms with Crippen LogP contribution in [-0.4, -0.2) is 70.0 Å². The summed E-state index contributed by atoms with van der Waals surface area (Å²) in [4.78, 5) is 38.1. The van der Waals surface area contributed by atoms with Crippen LogP contribution in [0.3, 0.4) is 0 Å². The van der Waals surface area contributed by atoms with Gasteiger partial charge in [0.2, 0.25) is 0 Å². The number of unbranched alkanes of at least 4 members (excludes halogenated alkanes) is 28. The SMILES string of the molecule is CC/C=C\C/C=C\C/C=C\C/C=C\C/C=C\C/C=C\C/C=C\C/C=C\C/C=C\CCCCCCCCCCCCCC(=O)OC(COC(=O)CCCCCCCCCCCCCC/C=C\C/C=C\C/C=C\CCCCCCC)COP(=O)([O-])OCC[N+](C)(C)C. The van der Waals surface area contributed by atoms with Crippen molar-refractivity contribution < 1.29 is 42.1 Å². The molecule has 0 amide bonds. The average molecular weight is 1270 g/mol. The Bertz CT molecular complexity index is 2030. The molecule has 2 atom stereocenters. The molecule has 0 radical (unpaired) electrons. The number of nitrogens with zero attached hydrogens (tertiary/aromatic N) is 1. The van der Waals surface area contributed by atoms with E-state index in [1.807, 2.05) is 21.1 Å². The van der Waals surface area contributed by atoms with Gasteiger partial charge in [-0.2, -0.15) is 0 Å². The third kappa shape index (κ3) is 72.9. The van der Waals surface area contributed by atoms with Crippen molar-refractivity contribution in [3.63, 3.8) is 0 Å². The predicted octanol–water partition coefficient (Wildman–Crippen LogP) is 23.5. The van der Waals surface area contributed by atoms with Crippen LogP contribution in [0.5, 0.6) is 0 Å². The second-order valence-electron chi connectivity index (χ2n) is 25.2. The van der Waals surface area contributed by atoms with Crippen molar-refractivity contribution in [3.8, 4) is 0 Å². The molecule has 0 aromatic rings. The Kier molecular flexibility index (Phi) is 66.1. The number of carbonyl (C=O) groups excluding carboxylic acids is 2. The molecule has 10 heteroatoms. The van der Waals surface area contributed by atoms with E-state index in [9.17, 15) is 19.0 Å². The van der Waals surface area contributed by atoms with Crippen molar-refractivity contribution >= 4 is 19.8 Å². The van der Waals surface area contributed by atoms with Crippen molar-refractivity contribution in [2.45, 2.75) is 302 Å². The van der Waals surface area contributed by atoms with E-state index < -0.39 is 26.5 Å². The molecule has 0 aliphatic rings. The van der Waals surface area contributed by atoms with Gasteiger partial charge in [0.25, 0.3) is 7.82 Å². The monoisotopic (exact) mass is 1270 g/mol. The summed E-state index contributed by atoms with van der Waals surface area (Å²) in [6, 6.07) is 0. The van der Waals surface area contributed by atoms with E-state index in [0.717, 1.165) is 116 Å². The fraction of sp³-hybridized carbons (Fsp3) is 0.675. The van der Waals surface area contributed by atoms with E-state index in [0.29, 0.717) is 17.4 Å². The molecule has 0 bridgehead atoms. The molecule has 514 valence electrons. The Morgan fingerprint density at radius 1 is 0.356 bits per heavy atom. The first kappa shape index (κ1) is 85.9. The summed E-state index contributed by atoms with van der Waals surface area (Å²) in [5, 5.41) is 0. The molecule has 0 aromatic heterocycles. The predicted molar refractivity (Wildman–Crippen MR) is 387 cm³/mol. The molecule has 0 N–H and O–H groups in total. The number of likely N-dealkylation sites (N-methyl/N-ethyl adjacent to an activating group) is 1. The van der Waals surface area contributed by atoms with Crippen LogP contribution in [0.4, 0.5) is 0 Å². The lowest BCUT2D eigenvalue weighted by molar-refractivity contribution is -0.870. The van der Waals surface area contributed by atoms with Gasteiger partial charge in [0.15, 0.2) is 6.10 Å². The first-order chi connectivity index (χ1) is 44.0. The molecule has 0 saturated carbocycles. The molecule has 2 unspecified atom stereocenters. The van der Waals surface area contributed by atoms with Gasteiger partial charge in [-0.05, 0) is 122 Å². The Morgan fingerprint density at radius 3 is 0.944 bits per heavy atom. The fourth-order valence-electron chi connectivity index (χ4n) is 9.78. The van der Waals surface area contributed by atoms with E-state index in [-0.39, 0.29) is 32.0 Å². The Balaban J connectivity index is 4.08. The number of phosphoric acid groups is 1. The number of ether oxygens (including phenoxy) is 2. The Hall–Kier alpha value is -4.11. The van der Waals surface area contributed by atoms with Crippen molar-refractivity contribution in [1.29, 1.82) is 0 Å². The molecule has 0 fully saturated rings. The van der Waals surface area contributed by atoms with Gasteiger partial charge in [-0.1, -0.05) is 307 Å². The van der Waals surface area contributed by atoms with E-state index >= 15 is 0 Å². The minimum atomic E-state index is -4.65. The summed E-state index contributed by atoms with van der Waals surface area (Å²) in [5.74, 6) is -0.840. The third-order valence-corrected chi connectivity index (χ3v) is 16.3. The van der Waals surface area contributed by atoms with Gasteiger partial charge in [-0.15, -0.1) is 0 Å². The number of esters is 2. The summed E-state index contributed by atoms with van der Waals surface area (Å²) in [6.07, 6.45) is 102. The van der Waals surface area contributed by atoms with Crippen LogP contribution < -0.4 is 4.89 Å². The van der Waals surface area contributed by atoms with E-state index in [1.165, 1.54) is 148 Å². The van der Waals surface area contributed by atoms with Crippen LogP contribution >= 0.6 is 7.82 Å². The van der Waals surface area contributed by atoms with E-state index in [2.05, 4.69) is 160 Å². The number of hydrogen-bond acceptors (Lipinski definition) is 8. The number of rotatable bonds is 66. The summed E-state index contributed by atoms with van der Waals surface area (Å²) in [5.41, 5.74) is 0. The number of allylic oxidation sites excluding steroid dienone is 24. The molecule has 0 rings (SSSR count). The van der Waals surface area contributed by atoms with Crippen molar-refractivity contribution in [1.82, 2.24) is 0 Å². The zero-order chi connectivity index (χ0) is 65.5.